The second-order valence-electron chi connectivity index (χ2n) is 5.60. The van der Waals surface area contributed by atoms with E-state index in [4.69, 9.17) is 16.3 Å². The van der Waals surface area contributed by atoms with E-state index in [1.54, 1.807) is 7.11 Å². The van der Waals surface area contributed by atoms with E-state index < -0.39 is 0 Å². The van der Waals surface area contributed by atoms with Crippen LogP contribution in [0.15, 0.2) is 41.4 Å². The van der Waals surface area contributed by atoms with E-state index in [0.29, 0.717) is 5.02 Å². The molecule has 122 valence electrons. The lowest BCUT2D eigenvalue weighted by molar-refractivity contribution is 0.414. The first kappa shape index (κ1) is 17.4. The first-order valence-electron chi connectivity index (χ1n) is 7.70. The molecule has 0 unspecified atom stereocenters. The highest BCUT2D eigenvalue weighted by molar-refractivity contribution is 6.33. The molecule has 0 bridgehead atoms. The van der Waals surface area contributed by atoms with Crippen LogP contribution in [0.25, 0.3) is 0 Å². The van der Waals surface area contributed by atoms with Gasteiger partial charge in [0.25, 0.3) is 0 Å². The Morgan fingerprint density at radius 3 is 2.74 bits per heavy atom. The minimum Gasteiger partial charge on any atom is -0.497 e. The smallest absolute Gasteiger partial charge is 0.119 e. The van der Waals surface area contributed by atoms with Gasteiger partial charge in [0.05, 0.1) is 24.2 Å². The van der Waals surface area contributed by atoms with Crippen molar-refractivity contribution in [2.45, 2.75) is 20.3 Å². The van der Waals surface area contributed by atoms with E-state index in [9.17, 15) is 0 Å². The monoisotopic (exact) mass is 330 g/mol. The lowest BCUT2D eigenvalue weighted by Crippen LogP contribution is -2.14. The summed E-state index contributed by atoms with van der Waals surface area (Å²) >= 11 is 6.57. The van der Waals surface area contributed by atoms with E-state index in [1.807, 2.05) is 42.6 Å². The molecule has 0 aromatic heterocycles. The first-order chi connectivity index (χ1) is 11.0. The van der Waals surface area contributed by atoms with Crippen LogP contribution in [0, 0.1) is 6.92 Å². The predicted octanol–water partition coefficient (Wildman–Crippen LogP) is 4.86. The van der Waals surface area contributed by atoms with Gasteiger partial charge >= 0.3 is 0 Å². The maximum atomic E-state index is 6.57. The van der Waals surface area contributed by atoms with E-state index in [0.717, 1.165) is 41.1 Å². The molecule has 0 N–H and O–H groups in total. The Balaban J connectivity index is 2.31. The highest BCUT2D eigenvalue weighted by atomic mass is 35.5. The van der Waals surface area contributed by atoms with Gasteiger partial charge in [-0.1, -0.05) is 29.8 Å². The number of rotatable bonds is 6. The summed E-state index contributed by atoms with van der Waals surface area (Å²) in [5.41, 5.74) is 4.20. The zero-order valence-electron chi connectivity index (χ0n) is 14.1. The average Bonchev–Trinajstić information content (AvgIpc) is 2.56. The molecule has 0 aliphatic carbocycles. The van der Waals surface area contributed by atoms with Crippen LogP contribution in [0.4, 0.5) is 5.69 Å². The van der Waals surface area contributed by atoms with E-state index >= 15 is 0 Å². The molecule has 2 aromatic rings. The minimum atomic E-state index is 0.708. The van der Waals surface area contributed by atoms with Crippen LogP contribution in [0.1, 0.15) is 23.6 Å². The Hall–Kier alpha value is -2.00. The molecule has 0 fully saturated rings. The fourth-order valence-corrected chi connectivity index (χ4v) is 2.52. The molecule has 0 heterocycles. The minimum absolute atomic E-state index is 0.708. The number of nitrogens with zero attached hydrogens (tertiary/aromatic N) is 2. The second-order valence-corrected chi connectivity index (χ2v) is 5.98. The van der Waals surface area contributed by atoms with Crippen LogP contribution in [0.3, 0.4) is 0 Å². The third kappa shape index (κ3) is 4.73. The lowest BCUT2D eigenvalue weighted by atomic mass is 10.0. The molecule has 0 aliphatic heterocycles. The number of benzene rings is 2. The van der Waals surface area contributed by atoms with Crippen molar-refractivity contribution in [1.82, 2.24) is 4.90 Å². The first-order valence-corrected chi connectivity index (χ1v) is 8.07. The molecular weight excluding hydrogens is 308 g/mol. The summed E-state index contributed by atoms with van der Waals surface area (Å²) in [5, 5.41) is 0.708. The van der Waals surface area contributed by atoms with Gasteiger partial charge in [-0.3, -0.25) is 0 Å². The van der Waals surface area contributed by atoms with Gasteiger partial charge in [-0.2, -0.15) is 0 Å². The van der Waals surface area contributed by atoms with Gasteiger partial charge in [0.1, 0.15) is 5.75 Å². The maximum Gasteiger partial charge on any atom is 0.119 e. The summed E-state index contributed by atoms with van der Waals surface area (Å²) in [6.07, 6.45) is 2.57. The summed E-state index contributed by atoms with van der Waals surface area (Å²) in [4.78, 5) is 6.53. The Kier molecular flexibility index (Phi) is 6.05. The number of methoxy groups -OCH3 is 1. The zero-order chi connectivity index (χ0) is 16.8. The molecule has 0 saturated carbocycles. The number of hydrogen-bond acceptors (Lipinski definition) is 2. The van der Waals surface area contributed by atoms with Crippen molar-refractivity contribution in [3.05, 3.63) is 58.1 Å². The van der Waals surface area contributed by atoms with Gasteiger partial charge in [0.15, 0.2) is 0 Å². The fraction of sp³-hybridized carbons (Fsp3) is 0.316. The molecule has 0 saturated heterocycles. The molecule has 4 heteroatoms. The quantitative estimate of drug-likeness (QED) is 0.558. The third-order valence-corrected chi connectivity index (χ3v) is 4.13. The summed E-state index contributed by atoms with van der Waals surface area (Å²) in [7, 11) is 3.67. The van der Waals surface area contributed by atoms with Crippen molar-refractivity contribution in [2.75, 3.05) is 20.7 Å². The molecular formula is C19H23ClN2O. The van der Waals surface area contributed by atoms with Gasteiger partial charge < -0.3 is 9.64 Å². The molecule has 23 heavy (non-hydrogen) atoms. The van der Waals surface area contributed by atoms with Crippen LogP contribution in [-0.2, 0) is 6.42 Å². The SMILES string of the molecule is CCN(C)C=Nc1cc(C)cc(Cc2cccc(OC)c2)c1Cl. The Bertz CT molecular complexity index is 698. The van der Waals surface area contributed by atoms with Crippen molar-refractivity contribution in [3.8, 4) is 5.75 Å². The summed E-state index contributed by atoms with van der Waals surface area (Å²) in [6.45, 7) is 5.05. The summed E-state index contributed by atoms with van der Waals surface area (Å²) in [5.74, 6) is 0.856. The van der Waals surface area contributed by atoms with Crippen LogP contribution >= 0.6 is 11.6 Å². The Morgan fingerprint density at radius 1 is 1.26 bits per heavy atom. The number of aryl methyl sites for hydroxylation is 1. The normalized spacial score (nSPS) is 11.0. The molecule has 0 spiro atoms. The molecule has 0 radical (unpaired) electrons. The topological polar surface area (TPSA) is 24.8 Å². The molecule has 2 rings (SSSR count). The van der Waals surface area contributed by atoms with Crippen molar-refractivity contribution >= 4 is 23.6 Å². The maximum absolute atomic E-state index is 6.57. The van der Waals surface area contributed by atoms with Crippen molar-refractivity contribution in [2.24, 2.45) is 4.99 Å². The van der Waals surface area contributed by atoms with Gasteiger partial charge in [-0.25, -0.2) is 4.99 Å². The molecule has 2 aromatic carbocycles. The highest BCUT2D eigenvalue weighted by Gasteiger charge is 2.09. The third-order valence-electron chi connectivity index (χ3n) is 3.69. The van der Waals surface area contributed by atoms with E-state index in [2.05, 4.69) is 31.0 Å². The fourth-order valence-electron chi connectivity index (χ4n) is 2.29. The number of halogens is 1. The average molecular weight is 331 g/mol. The lowest BCUT2D eigenvalue weighted by Gasteiger charge is -2.12. The molecule has 0 aliphatic rings. The van der Waals surface area contributed by atoms with Gasteiger partial charge in [0, 0.05) is 13.6 Å². The van der Waals surface area contributed by atoms with Crippen molar-refractivity contribution in [3.63, 3.8) is 0 Å². The standard InChI is InChI=1S/C19H23ClN2O/c1-5-22(3)13-21-18-10-14(2)9-16(19(18)20)11-15-7-6-8-17(12-15)23-4/h6-10,12-13H,5,11H2,1-4H3. The second kappa shape index (κ2) is 8.02. The van der Waals surface area contributed by atoms with Crippen LogP contribution in [0.2, 0.25) is 5.02 Å². The largest absolute Gasteiger partial charge is 0.497 e. The number of aliphatic imine (C=N–C) groups is 1. The summed E-state index contributed by atoms with van der Waals surface area (Å²) in [6, 6.07) is 12.2. The Labute approximate surface area is 143 Å². The van der Waals surface area contributed by atoms with E-state index in [1.165, 1.54) is 0 Å². The van der Waals surface area contributed by atoms with Crippen molar-refractivity contribution in [1.29, 1.82) is 0 Å². The number of ether oxygens (including phenoxy) is 1. The molecule has 3 nitrogen and oxygen atoms in total. The van der Waals surface area contributed by atoms with Crippen LogP contribution in [-0.4, -0.2) is 31.9 Å². The zero-order valence-corrected chi connectivity index (χ0v) is 14.9. The molecule has 0 atom stereocenters. The van der Waals surface area contributed by atoms with E-state index in [-0.39, 0.29) is 0 Å². The Morgan fingerprint density at radius 2 is 2.04 bits per heavy atom. The number of hydrogen-bond donors (Lipinski definition) is 0. The predicted molar refractivity (Wildman–Crippen MR) is 98.4 cm³/mol. The van der Waals surface area contributed by atoms with Gasteiger partial charge in [-0.05, 0) is 55.2 Å². The van der Waals surface area contributed by atoms with Gasteiger partial charge in [-0.15, -0.1) is 0 Å². The molecule has 0 amide bonds. The van der Waals surface area contributed by atoms with Gasteiger partial charge in [0.2, 0.25) is 0 Å². The van der Waals surface area contributed by atoms with Crippen LogP contribution in [0.5, 0.6) is 5.75 Å². The highest BCUT2D eigenvalue weighted by Crippen LogP contribution is 2.32. The van der Waals surface area contributed by atoms with Crippen LogP contribution < -0.4 is 4.74 Å². The van der Waals surface area contributed by atoms with Crippen molar-refractivity contribution < 1.29 is 4.74 Å². The summed E-state index contributed by atoms with van der Waals surface area (Å²) < 4.78 is 5.29.